The number of hydrogen-bond donors (Lipinski definition) is 0. The van der Waals surface area contributed by atoms with Gasteiger partial charge in [0.2, 0.25) is 0 Å². The lowest BCUT2D eigenvalue weighted by molar-refractivity contribution is 0.977. The van der Waals surface area contributed by atoms with Crippen molar-refractivity contribution >= 4 is 9.39 Å². The number of nitrogens with zero attached hydrogens (tertiary/aromatic N) is 3. The molecule has 0 amide bonds. The number of aryl methyl sites for hydroxylation is 1. The second kappa shape index (κ2) is 1.58. The van der Waals surface area contributed by atoms with Crippen molar-refractivity contribution in [3.8, 4) is 0 Å². The molecule has 1 atom stereocenters. The Morgan fingerprint density at radius 2 is 2.57 bits per heavy atom. The highest BCUT2D eigenvalue weighted by atomic mass is 31.0. The molecule has 0 radical (unpaired) electrons. The van der Waals surface area contributed by atoms with Crippen LogP contribution in [-0.4, -0.2) is 14.5 Å². The summed E-state index contributed by atoms with van der Waals surface area (Å²) in [5.41, 5.74) is 0. The van der Waals surface area contributed by atoms with Crippen LogP contribution in [0.5, 0.6) is 0 Å². The van der Waals surface area contributed by atoms with Gasteiger partial charge in [-0.1, -0.05) is 0 Å². The quantitative estimate of drug-likeness (QED) is 0.453. The largest absolute Gasteiger partial charge is 0.238 e. The van der Waals surface area contributed by atoms with Crippen molar-refractivity contribution in [2.24, 2.45) is 0 Å². The fraction of sp³-hybridized carbons (Fsp3) is 0.333. The van der Waals surface area contributed by atoms with Gasteiger partial charge in [-0.2, -0.15) is 5.10 Å². The summed E-state index contributed by atoms with van der Waals surface area (Å²) in [6.45, 7) is 1.85. The first-order valence-electron chi connectivity index (χ1n) is 1.92. The van der Waals surface area contributed by atoms with Gasteiger partial charge in [-0.25, -0.2) is 9.44 Å². The van der Waals surface area contributed by atoms with Crippen molar-refractivity contribution in [3.05, 3.63) is 12.2 Å². The maximum atomic E-state index is 3.88. The molecule has 3 nitrogen and oxygen atoms in total. The summed E-state index contributed by atoms with van der Waals surface area (Å²) < 4.78 is 1.59. The number of aromatic nitrogens is 3. The van der Waals surface area contributed by atoms with Gasteiger partial charge in [0, 0.05) is 0 Å². The molecule has 1 rings (SSSR count). The van der Waals surface area contributed by atoms with Crippen LogP contribution in [0.1, 0.15) is 5.82 Å². The third kappa shape index (κ3) is 0.967. The topological polar surface area (TPSA) is 30.7 Å². The maximum Gasteiger partial charge on any atom is 0.147 e. The van der Waals surface area contributed by atoms with Crippen molar-refractivity contribution in [2.45, 2.75) is 6.92 Å². The molecule has 1 unspecified atom stereocenters. The van der Waals surface area contributed by atoms with Crippen molar-refractivity contribution in [1.82, 2.24) is 14.5 Å². The molecule has 0 aliphatic heterocycles. The van der Waals surface area contributed by atoms with Gasteiger partial charge in [0.15, 0.2) is 0 Å². The van der Waals surface area contributed by atoms with E-state index >= 15 is 0 Å². The molecule has 1 heterocycles. The van der Waals surface area contributed by atoms with Crippen molar-refractivity contribution in [2.75, 3.05) is 0 Å². The standard InChI is InChI=1S/C3H6N3P/c1-3-4-2-6(7)5-3/h2H,7H2,1H3. The molecule has 0 aliphatic carbocycles. The predicted molar refractivity (Wildman–Crippen MR) is 29.9 cm³/mol. The molecule has 1 aromatic heterocycles. The molecule has 4 heteroatoms. The first-order valence-corrected chi connectivity index (χ1v) is 2.44. The summed E-state index contributed by atoms with van der Waals surface area (Å²) in [6.07, 6.45) is 1.64. The molecule has 7 heavy (non-hydrogen) atoms. The molecular weight excluding hydrogens is 109 g/mol. The Morgan fingerprint density at radius 1 is 1.86 bits per heavy atom. The van der Waals surface area contributed by atoms with Crippen LogP contribution in [0.3, 0.4) is 0 Å². The first kappa shape index (κ1) is 4.72. The first-order chi connectivity index (χ1) is 3.29. The zero-order chi connectivity index (χ0) is 5.28. The van der Waals surface area contributed by atoms with Crippen LogP contribution in [0.4, 0.5) is 0 Å². The molecule has 0 bridgehead atoms. The maximum absolute atomic E-state index is 3.88. The van der Waals surface area contributed by atoms with Gasteiger partial charge in [-0.3, -0.25) is 0 Å². The molecule has 0 fully saturated rings. The molecule has 38 valence electrons. The van der Waals surface area contributed by atoms with Crippen LogP contribution in [0, 0.1) is 6.92 Å². The molecule has 0 spiro atoms. The summed E-state index contributed by atoms with van der Waals surface area (Å²) in [5, 5.41) is 3.88. The molecular formula is C3H6N3P. The summed E-state index contributed by atoms with van der Waals surface area (Å²) in [7, 11) is 2.39. The minimum atomic E-state index is 0.801. The molecule has 0 saturated heterocycles. The molecule has 0 saturated carbocycles. The fourth-order valence-electron chi connectivity index (χ4n) is 0.361. The fourth-order valence-corrected chi connectivity index (χ4v) is 0.595. The van der Waals surface area contributed by atoms with E-state index in [1.54, 1.807) is 10.8 Å². The zero-order valence-electron chi connectivity index (χ0n) is 4.00. The monoisotopic (exact) mass is 115 g/mol. The smallest absolute Gasteiger partial charge is 0.147 e. The van der Waals surface area contributed by atoms with Crippen molar-refractivity contribution < 1.29 is 0 Å². The molecule has 1 aromatic rings. The predicted octanol–water partition coefficient (Wildman–Crippen LogP) is 0.225. The van der Waals surface area contributed by atoms with E-state index in [4.69, 9.17) is 0 Å². The van der Waals surface area contributed by atoms with Gasteiger partial charge >= 0.3 is 0 Å². The van der Waals surface area contributed by atoms with Gasteiger partial charge in [0.05, 0.1) is 0 Å². The lowest BCUT2D eigenvalue weighted by atomic mass is 10.8. The van der Waals surface area contributed by atoms with E-state index in [9.17, 15) is 0 Å². The Bertz CT molecular complexity index is 142. The average Bonchev–Trinajstić information content (AvgIpc) is 1.87. The highest BCUT2D eigenvalue weighted by Gasteiger charge is 1.83. The Hall–Kier alpha value is -0.430. The Balaban J connectivity index is 3.04. The molecule has 0 N–H and O–H groups in total. The van der Waals surface area contributed by atoms with Crippen LogP contribution < -0.4 is 0 Å². The highest BCUT2D eigenvalue weighted by Crippen LogP contribution is 1.88. The lowest BCUT2D eigenvalue weighted by Gasteiger charge is -1.76. The third-order valence-electron chi connectivity index (χ3n) is 0.623. The van der Waals surface area contributed by atoms with Crippen LogP contribution in [-0.2, 0) is 0 Å². The zero-order valence-corrected chi connectivity index (χ0v) is 5.15. The van der Waals surface area contributed by atoms with E-state index in [1.807, 2.05) is 6.92 Å². The van der Waals surface area contributed by atoms with E-state index < -0.39 is 0 Å². The van der Waals surface area contributed by atoms with E-state index in [1.165, 1.54) is 0 Å². The summed E-state index contributed by atoms with van der Waals surface area (Å²) >= 11 is 0. The number of hydrogen-bond acceptors (Lipinski definition) is 2. The SMILES string of the molecule is Cc1ncn(P)n1. The highest BCUT2D eigenvalue weighted by molar-refractivity contribution is 7.14. The van der Waals surface area contributed by atoms with Gasteiger partial charge in [0.25, 0.3) is 0 Å². The normalized spacial score (nSPS) is 9.43. The second-order valence-corrected chi connectivity index (χ2v) is 1.80. The minimum Gasteiger partial charge on any atom is -0.238 e. The van der Waals surface area contributed by atoms with Crippen LogP contribution in [0.25, 0.3) is 0 Å². The summed E-state index contributed by atoms with van der Waals surface area (Å²) in [6, 6.07) is 0. The van der Waals surface area contributed by atoms with Gasteiger partial charge in [0.1, 0.15) is 12.2 Å². The Kier molecular flexibility index (Phi) is 1.07. The van der Waals surface area contributed by atoms with E-state index in [0.717, 1.165) is 5.82 Å². The lowest BCUT2D eigenvalue weighted by Crippen LogP contribution is -1.77. The average molecular weight is 115 g/mol. The number of rotatable bonds is 0. The van der Waals surface area contributed by atoms with Gasteiger partial charge in [-0.15, -0.1) is 0 Å². The minimum absolute atomic E-state index is 0.801. The van der Waals surface area contributed by atoms with Gasteiger partial charge in [-0.05, 0) is 16.3 Å². The van der Waals surface area contributed by atoms with Crippen LogP contribution in [0.2, 0.25) is 0 Å². The van der Waals surface area contributed by atoms with Crippen molar-refractivity contribution in [3.63, 3.8) is 0 Å². The van der Waals surface area contributed by atoms with E-state index in [2.05, 4.69) is 19.5 Å². The Morgan fingerprint density at radius 3 is 2.71 bits per heavy atom. The van der Waals surface area contributed by atoms with Gasteiger partial charge < -0.3 is 0 Å². The second-order valence-electron chi connectivity index (χ2n) is 1.27. The summed E-state index contributed by atoms with van der Waals surface area (Å²) in [4.78, 5) is 3.85. The molecule has 0 aromatic carbocycles. The van der Waals surface area contributed by atoms with E-state index in [-0.39, 0.29) is 0 Å². The van der Waals surface area contributed by atoms with Crippen molar-refractivity contribution in [1.29, 1.82) is 0 Å². The van der Waals surface area contributed by atoms with Crippen LogP contribution >= 0.6 is 9.39 Å². The van der Waals surface area contributed by atoms with Crippen LogP contribution in [0.15, 0.2) is 6.33 Å². The Labute approximate surface area is 44.0 Å². The third-order valence-corrected chi connectivity index (χ3v) is 0.872. The van der Waals surface area contributed by atoms with E-state index in [0.29, 0.717) is 0 Å². The summed E-state index contributed by atoms with van der Waals surface area (Å²) in [5.74, 6) is 0.801. The molecule has 0 aliphatic rings.